The normalized spacial score (nSPS) is 13.0. The molecule has 0 aliphatic carbocycles. The molecular formula is C10H7FO2S. The van der Waals surface area contributed by atoms with Gasteiger partial charge in [-0.2, -0.15) is 0 Å². The van der Waals surface area contributed by atoms with E-state index in [1.54, 1.807) is 18.2 Å². The van der Waals surface area contributed by atoms with E-state index in [0.29, 0.717) is 5.39 Å². The van der Waals surface area contributed by atoms with Gasteiger partial charge in [-0.3, -0.25) is 0 Å². The van der Waals surface area contributed by atoms with Gasteiger partial charge in [0.25, 0.3) is 0 Å². The average molecular weight is 210 g/mol. The molecule has 1 unspecified atom stereocenters. The molecule has 0 aliphatic heterocycles. The molecule has 2 aromatic rings. The van der Waals surface area contributed by atoms with E-state index in [-0.39, 0.29) is 4.90 Å². The average Bonchev–Trinajstić information content (AvgIpc) is 2.16. The summed E-state index contributed by atoms with van der Waals surface area (Å²) in [6.45, 7) is 0. The van der Waals surface area contributed by atoms with E-state index in [9.17, 15) is 8.60 Å². The Balaban J connectivity index is 2.84. The van der Waals surface area contributed by atoms with E-state index in [1.807, 2.05) is 0 Å². The summed E-state index contributed by atoms with van der Waals surface area (Å²) in [5.41, 5.74) is 0. The summed E-state index contributed by atoms with van der Waals surface area (Å²) in [5, 5.41) is 1.24. The molecule has 0 spiro atoms. The van der Waals surface area contributed by atoms with E-state index in [0.717, 1.165) is 5.39 Å². The molecule has 0 radical (unpaired) electrons. The maximum absolute atomic E-state index is 12.9. The minimum absolute atomic E-state index is 0.238. The highest BCUT2D eigenvalue weighted by Crippen LogP contribution is 2.21. The highest BCUT2D eigenvalue weighted by atomic mass is 32.2. The second-order valence-electron chi connectivity index (χ2n) is 2.87. The van der Waals surface area contributed by atoms with Crippen LogP contribution in [0.5, 0.6) is 0 Å². The minimum Gasteiger partial charge on any atom is -0.302 e. The fourth-order valence-electron chi connectivity index (χ4n) is 1.37. The van der Waals surface area contributed by atoms with Gasteiger partial charge in [-0.25, -0.2) is 8.60 Å². The van der Waals surface area contributed by atoms with Crippen LogP contribution in [0.15, 0.2) is 41.3 Å². The van der Waals surface area contributed by atoms with Crippen LogP contribution in [-0.2, 0) is 11.1 Å². The van der Waals surface area contributed by atoms with Crippen LogP contribution < -0.4 is 0 Å². The SMILES string of the molecule is O=S(O)c1cccc2ccc(F)cc12. The van der Waals surface area contributed by atoms with Gasteiger partial charge in [0, 0.05) is 5.39 Å². The van der Waals surface area contributed by atoms with Crippen molar-refractivity contribution in [3.05, 3.63) is 42.2 Å². The molecule has 2 aromatic carbocycles. The van der Waals surface area contributed by atoms with Crippen molar-refractivity contribution in [2.45, 2.75) is 4.90 Å². The Morgan fingerprint density at radius 3 is 2.71 bits per heavy atom. The first-order chi connectivity index (χ1) is 6.68. The fourth-order valence-corrected chi connectivity index (χ4v) is 1.93. The fraction of sp³-hybridized carbons (Fsp3) is 0. The minimum atomic E-state index is -2.08. The molecule has 2 nitrogen and oxygen atoms in total. The molecule has 0 aliphatic rings. The first kappa shape index (κ1) is 9.30. The number of hydrogen-bond acceptors (Lipinski definition) is 1. The smallest absolute Gasteiger partial charge is 0.187 e. The lowest BCUT2D eigenvalue weighted by atomic mass is 10.1. The monoisotopic (exact) mass is 210 g/mol. The number of hydrogen-bond donors (Lipinski definition) is 1. The highest BCUT2D eigenvalue weighted by Gasteiger charge is 2.06. The Morgan fingerprint density at radius 2 is 2.00 bits per heavy atom. The Bertz CT molecular complexity index is 510. The van der Waals surface area contributed by atoms with Crippen LogP contribution in [0.1, 0.15) is 0 Å². The molecule has 72 valence electrons. The number of rotatable bonds is 1. The van der Waals surface area contributed by atoms with Gasteiger partial charge >= 0.3 is 0 Å². The summed E-state index contributed by atoms with van der Waals surface area (Å²) in [5.74, 6) is -0.407. The molecule has 14 heavy (non-hydrogen) atoms. The molecule has 0 amide bonds. The van der Waals surface area contributed by atoms with Gasteiger partial charge in [-0.05, 0) is 23.6 Å². The van der Waals surface area contributed by atoms with E-state index < -0.39 is 16.9 Å². The Labute approximate surface area is 82.7 Å². The van der Waals surface area contributed by atoms with Crippen molar-refractivity contribution in [3.63, 3.8) is 0 Å². The van der Waals surface area contributed by atoms with Gasteiger partial charge in [0.05, 0.1) is 4.90 Å². The maximum atomic E-state index is 12.9. The lowest BCUT2D eigenvalue weighted by Crippen LogP contribution is -1.90. The lowest BCUT2D eigenvalue weighted by Gasteiger charge is -2.01. The summed E-state index contributed by atoms with van der Waals surface area (Å²) in [6.07, 6.45) is 0. The molecule has 0 heterocycles. The molecule has 0 saturated carbocycles. The van der Waals surface area contributed by atoms with Crippen molar-refractivity contribution in [2.75, 3.05) is 0 Å². The van der Waals surface area contributed by atoms with Crippen LogP contribution in [0.25, 0.3) is 10.8 Å². The second kappa shape index (κ2) is 3.48. The topological polar surface area (TPSA) is 37.3 Å². The number of fused-ring (bicyclic) bond motifs is 1. The van der Waals surface area contributed by atoms with E-state index in [1.165, 1.54) is 18.2 Å². The Hall–Kier alpha value is -1.26. The molecule has 1 N–H and O–H groups in total. The summed E-state index contributed by atoms with van der Waals surface area (Å²) >= 11 is -2.08. The van der Waals surface area contributed by atoms with Crippen molar-refractivity contribution in [2.24, 2.45) is 0 Å². The van der Waals surface area contributed by atoms with Crippen molar-refractivity contribution < 1.29 is 13.2 Å². The van der Waals surface area contributed by atoms with Crippen molar-refractivity contribution in [1.29, 1.82) is 0 Å². The second-order valence-corrected chi connectivity index (χ2v) is 3.81. The first-order valence-electron chi connectivity index (χ1n) is 3.97. The summed E-state index contributed by atoms with van der Waals surface area (Å²) in [4.78, 5) is 0.238. The van der Waals surface area contributed by atoms with Gasteiger partial charge in [0.15, 0.2) is 11.1 Å². The summed E-state index contributed by atoms with van der Waals surface area (Å²) in [7, 11) is 0. The van der Waals surface area contributed by atoms with E-state index >= 15 is 0 Å². The molecule has 2 rings (SSSR count). The number of benzene rings is 2. The molecular weight excluding hydrogens is 203 g/mol. The van der Waals surface area contributed by atoms with Crippen LogP contribution >= 0.6 is 0 Å². The van der Waals surface area contributed by atoms with Crippen molar-refractivity contribution >= 4 is 21.9 Å². The third-order valence-electron chi connectivity index (χ3n) is 1.99. The van der Waals surface area contributed by atoms with Gasteiger partial charge in [-0.15, -0.1) is 0 Å². The quantitative estimate of drug-likeness (QED) is 0.734. The standard InChI is InChI=1S/C10H7FO2S/c11-8-5-4-7-2-1-3-10(14(12)13)9(7)6-8/h1-6H,(H,12,13). The number of halogens is 1. The van der Waals surface area contributed by atoms with Crippen molar-refractivity contribution in [1.82, 2.24) is 0 Å². The largest absolute Gasteiger partial charge is 0.302 e. The van der Waals surface area contributed by atoms with Crippen LogP contribution in [0.2, 0.25) is 0 Å². The lowest BCUT2D eigenvalue weighted by molar-refractivity contribution is 0.565. The summed E-state index contributed by atoms with van der Waals surface area (Å²) in [6, 6.07) is 9.12. The predicted octanol–water partition coefficient (Wildman–Crippen LogP) is 2.56. The zero-order chi connectivity index (χ0) is 10.1. The Kier molecular flexibility index (Phi) is 2.31. The first-order valence-corrected chi connectivity index (χ1v) is 5.08. The van der Waals surface area contributed by atoms with Gasteiger partial charge in [0.1, 0.15) is 5.82 Å². The molecule has 4 heteroatoms. The third kappa shape index (κ3) is 1.54. The van der Waals surface area contributed by atoms with Gasteiger partial charge in [0.2, 0.25) is 0 Å². The molecule has 0 saturated heterocycles. The highest BCUT2D eigenvalue weighted by molar-refractivity contribution is 7.79. The van der Waals surface area contributed by atoms with E-state index in [2.05, 4.69) is 0 Å². The molecule has 0 fully saturated rings. The van der Waals surface area contributed by atoms with Gasteiger partial charge < -0.3 is 4.55 Å². The Morgan fingerprint density at radius 1 is 1.21 bits per heavy atom. The van der Waals surface area contributed by atoms with Crippen LogP contribution in [0, 0.1) is 5.82 Å². The maximum Gasteiger partial charge on any atom is 0.187 e. The van der Waals surface area contributed by atoms with Crippen molar-refractivity contribution in [3.8, 4) is 0 Å². The van der Waals surface area contributed by atoms with Crippen LogP contribution in [0.3, 0.4) is 0 Å². The zero-order valence-electron chi connectivity index (χ0n) is 7.11. The molecule has 1 atom stereocenters. The molecule has 0 aromatic heterocycles. The van der Waals surface area contributed by atoms with E-state index in [4.69, 9.17) is 4.55 Å². The summed E-state index contributed by atoms with van der Waals surface area (Å²) < 4.78 is 32.8. The third-order valence-corrected chi connectivity index (χ3v) is 2.72. The van der Waals surface area contributed by atoms with Crippen LogP contribution in [-0.4, -0.2) is 8.76 Å². The zero-order valence-corrected chi connectivity index (χ0v) is 7.92. The van der Waals surface area contributed by atoms with Crippen LogP contribution in [0.4, 0.5) is 4.39 Å². The molecule has 0 bridgehead atoms. The van der Waals surface area contributed by atoms with Gasteiger partial charge in [-0.1, -0.05) is 18.2 Å². The predicted molar refractivity (Wildman–Crippen MR) is 52.9 cm³/mol.